The third-order valence-electron chi connectivity index (χ3n) is 1.18. The Hall–Kier alpha value is -3.00. The molecular formula is C10H2N4. The molecule has 0 amide bonds. The summed E-state index contributed by atoms with van der Waals surface area (Å²) in [5.74, 6) is 2.06. The number of hydrogen-bond acceptors (Lipinski definition) is 4. The molecule has 62 valence electrons. The largest absolute Gasteiger partial charge is 0.192 e. The van der Waals surface area contributed by atoms with E-state index in [-0.39, 0.29) is 16.7 Å². The molecule has 4 nitrogen and oxygen atoms in total. The van der Waals surface area contributed by atoms with E-state index < -0.39 is 0 Å². The first-order valence-corrected chi connectivity index (χ1v) is 3.26. The summed E-state index contributed by atoms with van der Waals surface area (Å²) in [4.78, 5) is 0. The normalized spacial score (nSPS) is 6.21. The van der Waals surface area contributed by atoms with Gasteiger partial charge in [0.15, 0.2) is 0 Å². The fourth-order valence-corrected chi connectivity index (χ4v) is 0.565. The van der Waals surface area contributed by atoms with Crippen LogP contribution >= 0.6 is 0 Å². The molecule has 0 aliphatic rings. The molecule has 0 rings (SSSR count). The van der Waals surface area contributed by atoms with Gasteiger partial charge in [0.05, 0.1) is 5.57 Å². The van der Waals surface area contributed by atoms with Gasteiger partial charge < -0.3 is 0 Å². The number of rotatable bonds is 1. The van der Waals surface area contributed by atoms with Gasteiger partial charge in [0.25, 0.3) is 0 Å². The van der Waals surface area contributed by atoms with E-state index in [2.05, 4.69) is 5.92 Å². The highest BCUT2D eigenvalue weighted by Crippen LogP contribution is 2.06. The maximum Gasteiger partial charge on any atom is 0.145 e. The van der Waals surface area contributed by atoms with Gasteiger partial charge in [-0.05, 0) is 6.08 Å². The zero-order chi connectivity index (χ0) is 11.0. The van der Waals surface area contributed by atoms with Crippen LogP contribution in [0, 0.1) is 57.7 Å². The molecule has 0 atom stereocenters. The summed E-state index contributed by atoms with van der Waals surface area (Å²) < 4.78 is 0. The second-order valence-electron chi connectivity index (χ2n) is 1.94. The molecule has 0 aromatic heterocycles. The first-order valence-electron chi connectivity index (χ1n) is 3.26. The minimum atomic E-state index is -0.296. The van der Waals surface area contributed by atoms with Crippen molar-refractivity contribution >= 4 is 0 Å². The maximum absolute atomic E-state index is 8.46. The molecule has 0 aromatic carbocycles. The lowest BCUT2D eigenvalue weighted by Gasteiger charge is -1.88. The Morgan fingerprint density at radius 2 is 1.43 bits per heavy atom. The Bertz CT molecular complexity index is 469. The molecule has 0 aromatic rings. The molecule has 0 fully saturated rings. The van der Waals surface area contributed by atoms with Crippen LogP contribution in [0.5, 0.6) is 0 Å². The lowest BCUT2D eigenvalue weighted by molar-refractivity contribution is 1.43. The summed E-state index contributed by atoms with van der Waals surface area (Å²) >= 11 is 0. The van der Waals surface area contributed by atoms with Crippen molar-refractivity contribution < 1.29 is 0 Å². The second-order valence-corrected chi connectivity index (χ2v) is 1.94. The zero-order valence-corrected chi connectivity index (χ0v) is 6.94. The molecule has 0 saturated carbocycles. The molecule has 0 heterocycles. The van der Waals surface area contributed by atoms with Gasteiger partial charge in [0.1, 0.15) is 35.4 Å². The summed E-state index contributed by atoms with van der Waals surface area (Å²) in [6.07, 6.45) is 6.04. The summed E-state index contributed by atoms with van der Waals surface area (Å²) in [7, 11) is 0. The topological polar surface area (TPSA) is 95.2 Å². The van der Waals surface area contributed by atoms with Crippen LogP contribution < -0.4 is 0 Å². The molecule has 0 bridgehead atoms. The Morgan fingerprint density at radius 3 is 1.71 bits per heavy atom. The van der Waals surface area contributed by atoms with Crippen molar-refractivity contribution in [2.45, 2.75) is 0 Å². The Labute approximate surface area is 81.2 Å². The van der Waals surface area contributed by atoms with Gasteiger partial charge in [-0.25, -0.2) is 0 Å². The fourth-order valence-electron chi connectivity index (χ4n) is 0.565. The highest BCUT2D eigenvalue weighted by molar-refractivity contribution is 5.56. The minimum absolute atomic E-state index is 0.0619. The summed E-state index contributed by atoms with van der Waals surface area (Å²) in [5.41, 5.74) is -0.607. The van der Waals surface area contributed by atoms with Crippen LogP contribution in [0.4, 0.5) is 0 Å². The third-order valence-corrected chi connectivity index (χ3v) is 1.18. The van der Waals surface area contributed by atoms with E-state index in [0.29, 0.717) is 0 Å². The summed E-state index contributed by atoms with van der Waals surface area (Å²) in [6.45, 7) is 0. The van der Waals surface area contributed by atoms with E-state index in [4.69, 9.17) is 27.5 Å². The van der Waals surface area contributed by atoms with E-state index in [1.165, 1.54) is 0 Å². The minimum Gasteiger partial charge on any atom is -0.192 e. The van der Waals surface area contributed by atoms with Crippen LogP contribution in [0.25, 0.3) is 0 Å². The molecule has 0 aliphatic carbocycles. The van der Waals surface area contributed by atoms with Crippen molar-refractivity contribution in [2.75, 3.05) is 0 Å². The van der Waals surface area contributed by atoms with E-state index >= 15 is 0 Å². The van der Waals surface area contributed by atoms with Crippen molar-refractivity contribution in [3.8, 4) is 36.6 Å². The molecule has 0 spiro atoms. The molecule has 4 heteroatoms. The van der Waals surface area contributed by atoms with E-state index in [1.54, 1.807) is 24.3 Å². The average molecular weight is 178 g/mol. The zero-order valence-electron chi connectivity index (χ0n) is 6.94. The van der Waals surface area contributed by atoms with Crippen molar-refractivity contribution in [1.82, 2.24) is 0 Å². The maximum atomic E-state index is 8.46. The van der Waals surface area contributed by atoms with Crippen LogP contribution in [-0.2, 0) is 0 Å². The Kier molecular flexibility index (Phi) is 4.42. The van der Waals surface area contributed by atoms with Crippen molar-refractivity contribution in [3.63, 3.8) is 0 Å². The molecule has 0 radical (unpaired) electrons. The number of nitriles is 4. The van der Waals surface area contributed by atoms with Gasteiger partial charge in [-0.1, -0.05) is 5.92 Å². The van der Waals surface area contributed by atoms with Gasteiger partial charge in [-0.15, -0.1) is 6.42 Å². The SMILES string of the molecule is C#CC(C=C(C#N)C#N)=C(C#N)C#N. The molecule has 14 heavy (non-hydrogen) atoms. The van der Waals surface area contributed by atoms with Gasteiger partial charge in [-0.3, -0.25) is 0 Å². The van der Waals surface area contributed by atoms with Crippen molar-refractivity contribution in [1.29, 1.82) is 21.0 Å². The Morgan fingerprint density at radius 1 is 0.929 bits per heavy atom. The average Bonchev–Trinajstić information content (AvgIpc) is 2.24. The lowest BCUT2D eigenvalue weighted by atomic mass is 10.1. The molecule has 0 N–H and O–H groups in total. The van der Waals surface area contributed by atoms with Crippen LogP contribution in [-0.4, -0.2) is 0 Å². The monoisotopic (exact) mass is 178 g/mol. The van der Waals surface area contributed by atoms with Crippen LogP contribution in [0.15, 0.2) is 22.8 Å². The van der Waals surface area contributed by atoms with Crippen molar-refractivity contribution in [3.05, 3.63) is 22.8 Å². The number of allylic oxidation sites excluding steroid dienone is 4. The number of terminal acetylenes is 1. The van der Waals surface area contributed by atoms with Crippen molar-refractivity contribution in [2.24, 2.45) is 0 Å². The first-order chi connectivity index (χ1) is 6.73. The highest BCUT2D eigenvalue weighted by atomic mass is 14.3. The highest BCUT2D eigenvalue weighted by Gasteiger charge is 2.02. The number of hydrogen-bond donors (Lipinski definition) is 0. The predicted octanol–water partition coefficient (Wildman–Crippen LogP) is 0.937. The van der Waals surface area contributed by atoms with Gasteiger partial charge in [-0.2, -0.15) is 21.0 Å². The standard InChI is InChI=1S/C10H2N4/c1-2-9(10(6-13)7-14)3-8(4-11)5-12/h1,3H. The quantitative estimate of drug-likeness (QED) is 0.339. The lowest BCUT2D eigenvalue weighted by Crippen LogP contribution is -1.83. The van der Waals surface area contributed by atoms with Gasteiger partial charge in [0, 0.05) is 0 Å². The fraction of sp³-hybridized carbons (Fsp3) is 0. The molecular weight excluding hydrogens is 176 g/mol. The van der Waals surface area contributed by atoms with E-state index in [0.717, 1.165) is 6.08 Å². The predicted molar refractivity (Wildman–Crippen MR) is 46.4 cm³/mol. The van der Waals surface area contributed by atoms with Crippen LogP contribution in [0.2, 0.25) is 0 Å². The number of nitrogens with zero attached hydrogens (tertiary/aromatic N) is 4. The second kappa shape index (κ2) is 5.62. The molecule has 0 unspecified atom stereocenters. The van der Waals surface area contributed by atoms with E-state index in [9.17, 15) is 0 Å². The Balaban J connectivity index is 5.56. The third kappa shape index (κ3) is 2.56. The van der Waals surface area contributed by atoms with Gasteiger partial charge >= 0.3 is 0 Å². The van der Waals surface area contributed by atoms with E-state index in [1.807, 2.05) is 0 Å². The molecule has 0 saturated heterocycles. The first kappa shape index (κ1) is 11.0. The van der Waals surface area contributed by atoms with Crippen LogP contribution in [0.3, 0.4) is 0 Å². The van der Waals surface area contributed by atoms with Crippen LogP contribution in [0.1, 0.15) is 0 Å². The van der Waals surface area contributed by atoms with Gasteiger partial charge in [0.2, 0.25) is 0 Å². The summed E-state index contributed by atoms with van der Waals surface area (Å²) in [5, 5.41) is 33.7. The summed E-state index contributed by atoms with van der Waals surface area (Å²) in [6, 6.07) is 6.28. The smallest absolute Gasteiger partial charge is 0.145 e. The molecule has 0 aliphatic heterocycles.